The number of carbonyl (C=O) groups is 2. The molecule has 16 heavy (non-hydrogen) atoms. The number of hydrogen-bond acceptors (Lipinski definition) is 4. The Labute approximate surface area is 90.5 Å². The Bertz CT molecular complexity index is 628. The lowest BCUT2D eigenvalue weighted by molar-refractivity contribution is 0.0812. The van der Waals surface area contributed by atoms with E-state index in [-0.39, 0.29) is 5.69 Å². The molecule has 1 aliphatic rings. The van der Waals surface area contributed by atoms with Crippen LogP contribution in [0.3, 0.4) is 0 Å². The summed E-state index contributed by atoms with van der Waals surface area (Å²) in [7, 11) is 0. The van der Waals surface area contributed by atoms with Crippen molar-refractivity contribution in [3.63, 3.8) is 0 Å². The maximum atomic E-state index is 11.9. The van der Waals surface area contributed by atoms with Gasteiger partial charge in [-0.3, -0.25) is 14.7 Å². The molecule has 1 aromatic heterocycles. The minimum absolute atomic E-state index is 0.114. The molecule has 1 heterocycles. The average Bonchev–Trinajstić information content (AvgIpc) is 2.74. The number of Topliss-reactive ketones (excluding diaryl/α,β-unsaturated/α-hetero) is 2. The van der Waals surface area contributed by atoms with Crippen LogP contribution < -0.4 is 0 Å². The van der Waals surface area contributed by atoms with E-state index in [1.807, 2.05) is 6.07 Å². The van der Waals surface area contributed by atoms with Gasteiger partial charge in [0.2, 0.25) is 5.78 Å². The Hall–Kier alpha value is -2.30. The smallest absolute Gasteiger partial charge is 0.256 e. The van der Waals surface area contributed by atoms with Gasteiger partial charge in [0.1, 0.15) is 0 Å². The van der Waals surface area contributed by atoms with E-state index in [0.717, 1.165) is 5.56 Å². The van der Waals surface area contributed by atoms with Gasteiger partial charge in [-0.2, -0.15) is 0 Å². The Morgan fingerprint density at radius 2 is 2.00 bits per heavy atom. The van der Waals surface area contributed by atoms with Crippen molar-refractivity contribution in [2.45, 2.75) is 6.92 Å². The van der Waals surface area contributed by atoms with Gasteiger partial charge in [0, 0.05) is 11.1 Å². The minimum Gasteiger partial charge on any atom is -0.285 e. The third-order valence-electron chi connectivity index (χ3n) is 2.74. The predicted molar refractivity (Wildman–Crippen MR) is 55.2 cm³/mol. The van der Waals surface area contributed by atoms with Crippen LogP contribution in [0.4, 0.5) is 0 Å². The summed E-state index contributed by atoms with van der Waals surface area (Å²) in [5.74, 6) is -1.10. The van der Waals surface area contributed by atoms with Gasteiger partial charge in [-0.15, -0.1) is 5.10 Å². The fourth-order valence-corrected chi connectivity index (χ4v) is 1.97. The minimum atomic E-state index is -0.592. The number of fused-ring (bicyclic) bond motifs is 3. The van der Waals surface area contributed by atoms with Crippen LogP contribution in [0, 0.1) is 6.92 Å². The zero-order chi connectivity index (χ0) is 11.3. The monoisotopic (exact) mass is 213 g/mol. The summed E-state index contributed by atoms with van der Waals surface area (Å²) < 4.78 is 0. The maximum absolute atomic E-state index is 11.9. The molecular formula is C11H7N3O2. The highest BCUT2D eigenvalue weighted by atomic mass is 16.2. The van der Waals surface area contributed by atoms with Crippen molar-refractivity contribution in [3.8, 4) is 11.3 Å². The molecule has 1 N–H and O–H groups in total. The molecule has 0 atom stereocenters. The number of nitrogens with zero attached hydrogens (tertiary/aromatic N) is 2. The van der Waals surface area contributed by atoms with Crippen LogP contribution in [0.2, 0.25) is 0 Å². The number of nitrogens with one attached hydrogen (secondary N) is 1. The highest BCUT2D eigenvalue weighted by Crippen LogP contribution is 2.31. The number of aryl methyl sites for hydroxylation is 1. The fraction of sp³-hybridized carbons (Fsp3) is 0.0909. The van der Waals surface area contributed by atoms with Gasteiger partial charge >= 0.3 is 0 Å². The lowest BCUT2D eigenvalue weighted by Crippen LogP contribution is -2.22. The molecule has 1 aliphatic carbocycles. The summed E-state index contributed by atoms with van der Waals surface area (Å²) in [6, 6.07) is 5.42. The van der Waals surface area contributed by atoms with Gasteiger partial charge < -0.3 is 0 Å². The second-order valence-electron chi connectivity index (χ2n) is 3.69. The van der Waals surface area contributed by atoms with Crippen LogP contribution >= 0.6 is 0 Å². The standard InChI is InChI=1S/C11H7N3O2/c1-5-3-2-4-6-7(5)10(15)11(16)9-8(6)12-14-13-9/h2-4H,1H3,(H,12,13,14). The molecule has 1 aromatic carbocycles. The molecule has 0 fully saturated rings. The van der Waals surface area contributed by atoms with Crippen molar-refractivity contribution in [1.29, 1.82) is 0 Å². The molecule has 0 unspecified atom stereocenters. The van der Waals surface area contributed by atoms with E-state index in [1.54, 1.807) is 19.1 Å². The summed E-state index contributed by atoms with van der Waals surface area (Å²) in [6.45, 7) is 1.80. The molecule has 2 aromatic rings. The molecule has 0 radical (unpaired) electrons. The van der Waals surface area contributed by atoms with E-state index >= 15 is 0 Å². The van der Waals surface area contributed by atoms with Crippen molar-refractivity contribution >= 4 is 11.6 Å². The van der Waals surface area contributed by atoms with E-state index in [0.29, 0.717) is 16.8 Å². The van der Waals surface area contributed by atoms with Gasteiger partial charge in [-0.25, -0.2) is 0 Å². The number of hydrogen-bond donors (Lipinski definition) is 1. The number of aromatic amines is 1. The maximum Gasteiger partial charge on any atom is 0.256 e. The van der Waals surface area contributed by atoms with Gasteiger partial charge in [-0.05, 0) is 12.5 Å². The van der Waals surface area contributed by atoms with Crippen molar-refractivity contribution in [2.75, 3.05) is 0 Å². The molecule has 5 nitrogen and oxygen atoms in total. The van der Waals surface area contributed by atoms with Gasteiger partial charge in [-0.1, -0.05) is 23.4 Å². The zero-order valence-electron chi connectivity index (χ0n) is 8.44. The van der Waals surface area contributed by atoms with E-state index in [1.165, 1.54) is 0 Å². The highest BCUT2D eigenvalue weighted by molar-refractivity contribution is 6.52. The van der Waals surface area contributed by atoms with E-state index in [2.05, 4.69) is 15.4 Å². The Kier molecular flexibility index (Phi) is 1.60. The summed E-state index contributed by atoms with van der Waals surface area (Å²) in [5.41, 5.74) is 2.58. The van der Waals surface area contributed by atoms with Crippen LogP contribution in [0.5, 0.6) is 0 Å². The molecular weight excluding hydrogens is 206 g/mol. The summed E-state index contributed by atoms with van der Waals surface area (Å²) in [6.07, 6.45) is 0. The topological polar surface area (TPSA) is 75.7 Å². The SMILES string of the molecule is Cc1cccc2c1C(=O)C(=O)c1nn[nH]c1-2. The van der Waals surface area contributed by atoms with Crippen LogP contribution in [-0.2, 0) is 0 Å². The lowest BCUT2D eigenvalue weighted by atomic mass is 9.87. The third-order valence-corrected chi connectivity index (χ3v) is 2.74. The lowest BCUT2D eigenvalue weighted by Gasteiger charge is -2.14. The molecule has 78 valence electrons. The fourth-order valence-electron chi connectivity index (χ4n) is 1.97. The summed E-state index contributed by atoms with van der Waals surface area (Å²) in [5, 5.41) is 9.87. The normalized spacial score (nSPS) is 13.6. The average molecular weight is 213 g/mol. The van der Waals surface area contributed by atoms with Crippen molar-refractivity contribution in [3.05, 3.63) is 35.0 Å². The molecule has 0 amide bonds. The number of H-pyrrole nitrogens is 1. The summed E-state index contributed by atoms with van der Waals surface area (Å²) >= 11 is 0. The highest BCUT2D eigenvalue weighted by Gasteiger charge is 2.34. The van der Waals surface area contributed by atoms with Crippen molar-refractivity contribution < 1.29 is 9.59 Å². The van der Waals surface area contributed by atoms with Crippen molar-refractivity contribution in [1.82, 2.24) is 15.4 Å². The molecule has 3 rings (SSSR count). The molecule has 0 bridgehead atoms. The van der Waals surface area contributed by atoms with Gasteiger partial charge in [0.05, 0.1) is 5.69 Å². The van der Waals surface area contributed by atoms with Crippen LogP contribution in [0.15, 0.2) is 18.2 Å². The van der Waals surface area contributed by atoms with Gasteiger partial charge in [0.15, 0.2) is 5.69 Å². The third kappa shape index (κ3) is 0.942. The van der Waals surface area contributed by atoms with E-state index in [4.69, 9.17) is 0 Å². The van der Waals surface area contributed by atoms with Crippen LogP contribution in [0.25, 0.3) is 11.3 Å². The Morgan fingerprint density at radius 1 is 1.19 bits per heavy atom. The number of rotatable bonds is 0. The number of ketones is 2. The van der Waals surface area contributed by atoms with Crippen LogP contribution in [0.1, 0.15) is 26.4 Å². The largest absolute Gasteiger partial charge is 0.285 e. The molecule has 0 aliphatic heterocycles. The first-order valence-electron chi connectivity index (χ1n) is 4.80. The first kappa shape index (κ1) is 8.96. The number of benzene rings is 1. The van der Waals surface area contributed by atoms with E-state index in [9.17, 15) is 9.59 Å². The Balaban J connectivity index is 2.44. The molecule has 5 heteroatoms. The predicted octanol–water partition coefficient (Wildman–Crippen LogP) is 1.16. The zero-order valence-corrected chi connectivity index (χ0v) is 8.44. The second-order valence-corrected chi connectivity index (χ2v) is 3.69. The first-order valence-corrected chi connectivity index (χ1v) is 4.80. The molecule has 0 saturated carbocycles. The molecule has 0 saturated heterocycles. The van der Waals surface area contributed by atoms with Crippen molar-refractivity contribution in [2.24, 2.45) is 0 Å². The summed E-state index contributed by atoms with van der Waals surface area (Å²) in [4.78, 5) is 23.6. The number of aromatic nitrogens is 3. The number of carbonyl (C=O) groups excluding carboxylic acids is 2. The van der Waals surface area contributed by atoms with E-state index < -0.39 is 11.6 Å². The Morgan fingerprint density at radius 3 is 2.81 bits per heavy atom. The molecule has 0 spiro atoms. The second kappa shape index (κ2) is 2.85. The van der Waals surface area contributed by atoms with Crippen LogP contribution in [-0.4, -0.2) is 27.0 Å². The quantitative estimate of drug-likeness (QED) is 0.666. The van der Waals surface area contributed by atoms with Gasteiger partial charge in [0.25, 0.3) is 5.78 Å². The first-order chi connectivity index (χ1) is 7.70.